The lowest BCUT2D eigenvalue weighted by molar-refractivity contribution is -0.138. The minimum absolute atomic E-state index is 0.00156. The molecule has 1 aromatic heterocycles. The van der Waals surface area contributed by atoms with Crippen molar-refractivity contribution in [3.63, 3.8) is 0 Å². The second kappa shape index (κ2) is 9.41. The topological polar surface area (TPSA) is 121 Å². The van der Waals surface area contributed by atoms with Crippen LogP contribution < -0.4 is 10.6 Å². The lowest BCUT2D eigenvalue weighted by Gasteiger charge is -2.28. The summed E-state index contributed by atoms with van der Waals surface area (Å²) in [5.74, 6) is -1.36. The van der Waals surface area contributed by atoms with E-state index >= 15 is 0 Å². The van der Waals surface area contributed by atoms with Crippen molar-refractivity contribution in [3.8, 4) is 0 Å². The summed E-state index contributed by atoms with van der Waals surface area (Å²) in [5.41, 5.74) is 0.272. The van der Waals surface area contributed by atoms with Crippen molar-refractivity contribution < 1.29 is 28.3 Å². The van der Waals surface area contributed by atoms with Crippen LogP contribution >= 0.6 is 0 Å². The van der Waals surface area contributed by atoms with E-state index in [9.17, 15) is 19.2 Å². The maximum Gasteiger partial charge on any atom is 0.336 e. The van der Waals surface area contributed by atoms with Gasteiger partial charge < -0.3 is 19.8 Å². The Morgan fingerprint density at radius 2 is 1.96 bits per heavy atom. The second-order valence-corrected chi connectivity index (χ2v) is 5.80. The number of furan rings is 1. The molecule has 27 heavy (non-hydrogen) atoms. The van der Waals surface area contributed by atoms with Crippen LogP contribution in [-0.4, -0.2) is 66.6 Å². The molecule has 2 rings (SSSR count). The smallest absolute Gasteiger partial charge is 0.336 e. The van der Waals surface area contributed by atoms with E-state index < -0.39 is 23.8 Å². The number of carbonyl (C=O) groups excluding carboxylic acids is 4. The van der Waals surface area contributed by atoms with E-state index in [2.05, 4.69) is 17.2 Å². The summed E-state index contributed by atoms with van der Waals surface area (Å²) in [6.45, 7) is 5.56. The molecule has 10 heteroatoms. The van der Waals surface area contributed by atoms with Crippen LogP contribution in [0.4, 0.5) is 4.79 Å². The predicted molar refractivity (Wildman–Crippen MR) is 93.2 cm³/mol. The fourth-order valence-corrected chi connectivity index (χ4v) is 2.34. The van der Waals surface area contributed by atoms with Gasteiger partial charge in [-0.2, -0.15) is 0 Å². The van der Waals surface area contributed by atoms with E-state index in [1.807, 2.05) is 0 Å². The first-order chi connectivity index (χ1) is 12.9. The number of nitrogens with one attached hydrogen (secondary N) is 2. The molecule has 0 spiro atoms. The Kier molecular flexibility index (Phi) is 6.98. The number of hydrazine groups is 1. The molecule has 2 heterocycles. The summed E-state index contributed by atoms with van der Waals surface area (Å²) >= 11 is 0. The van der Waals surface area contributed by atoms with Crippen LogP contribution in [0.25, 0.3) is 0 Å². The molecule has 0 aliphatic carbocycles. The van der Waals surface area contributed by atoms with Gasteiger partial charge in [0.2, 0.25) is 0 Å². The van der Waals surface area contributed by atoms with Gasteiger partial charge in [-0.1, -0.05) is 6.58 Å². The van der Waals surface area contributed by atoms with Crippen LogP contribution in [0.5, 0.6) is 0 Å². The molecule has 1 aromatic rings. The third-order valence-corrected chi connectivity index (χ3v) is 3.66. The van der Waals surface area contributed by atoms with E-state index in [1.165, 1.54) is 29.3 Å². The lowest BCUT2D eigenvalue weighted by Crippen LogP contribution is -2.52. The monoisotopic (exact) mass is 378 g/mol. The number of ether oxygens (including phenoxy) is 1. The Morgan fingerprint density at radius 3 is 2.63 bits per heavy atom. The normalized spacial score (nSPS) is 13.2. The molecule has 1 aliphatic rings. The second-order valence-electron chi connectivity index (χ2n) is 5.80. The Balaban J connectivity index is 1.76. The largest absolute Gasteiger partial charge is 0.460 e. The zero-order valence-electron chi connectivity index (χ0n) is 15.0. The van der Waals surface area contributed by atoms with Crippen molar-refractivity contribution in [3.05, 3.63) is 36.3 Å². The molecule has 2 N–H and O–H groups in total. The molecular formula is C17H22N4O6. The molecule has 1 fully saturated rings. The summed E-state index contributed by atoms with van der Waals surface area (Å²) in [7, 11) is 0. The minimum atomic E-state index is -0.533. The van der Waals surface area contributed by atoms with Gasteiger partial charge in [0.15, 0.2) is 5.76 Å². The third kappa shape index (κ3) is 5.59. The van der Waals surface area contributed by atoms with Gasteiger partial charge in [0.1, 0.15) is 6.61 Å². The van der Waals surface area contributed by atoms with Gasteiger partial charge in [0.05, 0.1) is 19.4 Å². The predicted octanol–water partition coefficient (Wildman–Crippen LogP) is 0.288. The van der Waals surface area contributed by atoms with Gasteiger partial charge in [-0.25, -0.2) is 19.6 Å². The molecule has 146 valence electrons. The zero-order valence-corrected chi connectivity index (χ0v) is 15.0. The molecule has 0 atom stereocenters. The maximum atomic E-state index is 12.3. The SMILES string of the molecule is C=C(C)C(=O)OCCNC(=O)N1CCCN1C(=O)CNC(=O)c1ccco1. The molecule has 0 saturated carbocycles. The van der Waals surface area contributed by atoms with Crippen molar-refractivity contribution in [1.82, 2.24) is 20.7 Å². The first kappa shape index (κ1) is 20.0. The fraction of sp³-hybridized carbons (Fsp3) is 0.412. The summed E-state index contributed by atoms with van der Waals surface area (Å²) in [6, 6.07) is 2.57. The molecule has 0 bridgehead atoms. The van der Waals surface area contributed by atoms with Crippen LogP contribution in [0, 0.1) is 0 Å². The zero-order chi connectivity index (χ0) is 19.8. The average molecular weight is 378 g/mol. The number of hydrogen-bond donors (Lipinski definition) is 2. The number of hydrogen-bond acceptors (Lipinski definition) is 6. The van der Waals surface area contributed by atoms with E-state index in [4.69, 9.17) is 9.15 Å². The summed E-state index contributed by atoms with van der Waals surface area (Å²) in [4.78, 5) is 47.6. The first-order valence-electron chi connectivity index (χ1n) is 8.40. The third-order valence-electron chi connectivity index (χ3n) is 3.66. The lowest BCUT2D eigenvalue weighted by atomic mass is 10.4. The molecule has 0 aromatic carbocycles. The highest BCUT2D eigenvalue weighted by atomic mass is 16.5. The van der Waals surface area contributed by atoms with Gasteiger partial charge in [0.25, 0.3) is 11.8 Å². The molecule has 1 aliphatic heterocycles. The van der Waals surface area contributed by atoms with Crippen molar-refractivity contribution in [2.24, 2.45) is 0 Å². The van der Waals surface area contributed by atoms with Crippen LogP contribution in [0.1, 0.15) is 23.9 Å². The van der Waals surface area contributed by atoms with Crippen molar-refractivity contribution >= 4 is 23.8 Å². The minimum Gasteiger partial charge on any atom is -0.460 e. The molecule has 4 amide bonds. The van der Waals surface area contributed by atoms with Crippen molar-refractivity contribution in [2.45, 2.75) is 13.3 Å². The van der Waals surface area contributed by atoms with Crippen LogP contribution in [-0.2, 0) is 14.3 Å². The highest BCUT2D eigenvalue weighted by Crippen LogP contribution is 2.10. The van der Waals surface area contributed by atoms with E-state index in [-0.39, 0.29) is 31.0 Å². The number of amides is 4. The van der Waals surface area contributed by atoms with Gasteiger partial charge in [0, 0.05) is 18.7 Å². The van der Waals surface area contributed by atoms with Gasteiger partial charge >= 0.3 is 12.0 Å². The van der Waals surface area contributed by atoms with E-state index in [0.29, 0.717) is 19.5 Å². The average Bonchev–Trinajstić information content (AvgIpc) is 3.34. The summed E-state index contributed by atoms with van der Waals surface area (Å²) in [5, 5.41) is 7.56. The molecular weight excluding hydrogens is 356 g/mol. The summed E-state index contributed by atoms with van der Waals surface area (Å²) in [6.07, 6.45) is 1.98. The summed E-state index contributed by atoms with van der Waals surface area (Å²) < 4.78 is 9.83. The van der Waals surface area contributed by atoms with Gasteiger partial charge in [-0.15, -0.1) is 0 Å². The quantitative estimate of drug-likeness (QED) is 0.400. The standard InChI is InChI=1S/C17H22N4O6/c1-12(2)16(24)27-10-6-18-17(25)21-8-4-7-20(21)14(22)11-19-15(23)13-5-3-9-26-13/h3,5,9H,1,4,6-8,10-11H2,2H3,(H,18,25)(H,19,23). The number of rotatable bonds is 7. The number of esters is 1. The molecule has 1 saturated heterocycles. The first-order valence-corrected chi connectivity index (χ1v) is 8.40. The maximum absolute atomic E-state index is 12.3. The Morgan fingerprint density at radius 1 is 1.22 bits per heavy atom. The van der Waals surface area contributed by atoms with Gasteiger partial charge in [-0.3, -0.25) is 9.59 Å². The van der Waals surface area contributed by atoms with Crippen LogP contribution in [0.15, 0.2) is 35.0 Å². The van der Waals surface area contributed by atoms with Crippen molar-refractivity contribution in [2.75, 3.05) is 32.8 Å². The van der Waals surface area contributed by atoms with Crippen LogP contribution in [0.2, 0.25) is 0 Å². The highest BCUT2D eigenvalue weighted by molar-refractivity contribution is 5.94. The Hall–Kier alpha value is -3.30. The molecule has 0 unspecified atom stereocenters. The number of carbonyl (C=O) groups is 4. The Bertz CT molecular complexity index is 715. The fourth-order valence-electron chi connectivity index (χ4n) is 2.34. The number of nitrogens with zero attached hydrogens (tertiary/aromatic N) is 2. The van der Waals surface area contributed by atoms with Crippen molar-refractivity contribution in [1.29, 1.82) is 0 Å². The van der Waals surface area contributed by atoms with E-state index in [1.54, 1.807) is 6.07 Å². The van der Waals surface area contributed by atoms with Crippen LogP contribution in [0.3, 0.4) is 0 Å². The molecule has 10 nitrogen and oxygen atoms in total. The molecule has 0 radical (unpaired) electrons. The Labute approximate surface area is 156 Å². The van der Waals surface area contributed by atoms with E-state index in [0.717, 1.165) is 0 Å². The van der Waals surface area contributed by atoms with Gasteiger partial charge in [-0.05, 0) is 25.5 Å². The highest BCUT2D eigenvalue weighted by Gasteiger charge is 2.30. The number of urea groups is 1.